The number of hydrogen-bond acceptors (Lipinski definition) is 1. The van der Waals surface area contributed by atoms with Gasteiger partial charge in [0.05, 0.1) is 0 Å². The number of rotatable bonds is 6. The van der Waals surface area contributed by atoms with Crippen molar-refractivity contribution in [1.82, 2.24) is 5.32 Å². The van der Waals surface area contributed by atoms with Crippen molar-refractivity contribution in [3.05, 3.63) is 71.3 Å². The second-order valence-corrected chi connectivity index (χ2v) is 5.72. The summed E-state index contributed by atoms with van der Waals surface area (Å²) in [6.07, 6.45) is 2.30. The summed E-state index contributed by atoms with van der Waals surface area (Å²) in [6.45, 7) is 6.64. The lowest BCUT2D eigenvalue weighted by Gasteiger charge is -2.20. The van der Waals surface area contributed by atoms with Gasteiger partial charge >= 0.3 is 0 Å². The Hall–Kier alpha value is -1.60. The number of nitrogens with one attached hydrogen (secondary N) is 1. The van der Waals surface area contributed by atoms with Crippen LogP contribution in [-0.2, 0) is 6.42 Å². The van der Waals surface area contributed by atoms with Gasteiger partial charge in [0.25, 0.3) is 0 Å². The average Bonchev–Trinajstić information content (AvgIpc) is 2.47. The van der Waals surface area contributed by atoms with E-state index in [2.05, 4.69) is 80.7 Å². The number of benzene rings is 2. The molecule has 2 rings (SSSR count). The topological polar surface area (TPSA) is 12.0 Å². The van der Waals surface area contributed by atoms with E-state index in [-0.39, 0.29) is 0 Å². The Labute approximate surface area is 123 Å². The molecule has 0 amide bonds. The van der Waals surface area contributed by atoms with E-state index in [1.165, 1.54) is 23.1 Å². The second-order valence-electron chi connectivity index (χ2n) is 5.72. The molecule has 20 heavy (non-hydrogen) atoms. The zero-order valence-electron chi connectivity index (χ0n) is 12.8. The van der Waals surface area contributed by atoms with Gasteiger partial charge in [-0.3, -0.25) is 0 Å². The lowest BCUT2D eigenvalue weighted by molar-refractivity contribution is 0.456. The first-order valence-electron chi connectivity index (χ1n) is 7.51. The smallest absolute Gasteiger partial charge is 0.0294 e. The van der Waals surface area contributed by atoms with Crippen molar-refractivity contribution < 1.29 is 0 Å². The zero-order chi connectivity index (χ0) is 14.4. The van der Waals surface area contributed by atoms with Gasteiger partial charge in [-0.15, -0.1) is 0 Å². The van der Waals surface area contributed by atoms with E-state index >= 15 is 0 Å². The van der Waals surface area contributed by atoms with E-state index in [9.17, 15) is 0 Å². The van der Waals surface area contributed by atoms with Crippen LogP contribution in [0.15, 0.2) is 54.6 Å². The Kier molecular flexibility index (Phi) is 5.37. The van der Waals surface area contributed by atoms with Crippen LogP contribution in [0, 0.1) is 6.92 Å². The first-order chi connectivity index (χ1) is 9.65. The molecule has 0 aromatic heterocycles. The molecule has 1 heteroatoms. The summed E-state index contributed by atoms with van der Waals surface area (Å²) in [5.41, 5.74) is 4.10. The number of aryl methyl sites for hydroxylation is 2. The van der Waals surface area contributed by atoms with Gasteiger partial charge in [-0.05, 0) is 44.7 Å². The van der Waals surface area contributed by atoms with Crippen LogP contribution in [0.25, 0.3) is 0 Å². The van der Waals surface area contributed by atoms with Gasteiger partial charge in [0.1, 0.15) is 0 Å². The fraction of sp³-hybridized carbons (Fsp3) is 0.368. The Bertz CT molecular complexity index is 501. The van der Waals surface area contributed by atoms with Crippen molar-refractivity contribution in [1.29, 1.82) is 0 Å². The SMILES string of the molecule is Cc1ccc([C@H](C)NC(C)CCc2ccccc2)cc1. The van der Waals surface area contributed by atoms with Crippen molar-refractivity contribution >= 4 is 0 Å². The molecule has 0 heterocycles. The predicted molar refractivity (Wildman–Crippen MR) is 87.0 cm³/mol. The third-order valence-corrected chi connectivity index (χ3v) is 3.82. The van der Waals surface area contributed by atoms with Crippen molar-refractivity contribution in [2.75, 3.05) is 0 Å². The highest BCUT2D eigenvalue weighted by molar-refractivity contribution is 5.23. The average molecular weight is 267 g/mol. The van der Waals surface area contributed by atoms with E-state index in [0.29, 0.717) is 12.1 Å². The molecule has 0 radical (unpaired) electrons. The first kappa shape index (κ1) is 14.8. The van der Waals surface area contributed by atoms with Gasteiger partial charge in [-0.2, -0.15) is 0 Å². The van der Waals surface area contributed by atoms with Crippen molar-refractivity contribution in [2.45, 2.75) is 45.7 Å². The molecule has 2 atom stereocenters. The van der Waals surface area contributed by atoms with E-state index in [1.807, 2.05) is 0 Å². The summed E-state index contributed by atoms with van der Waals surface area (Å²) < 4.78 is 0. The predicted octanol–water partition coefficient (Wildman–Crippen LogP) is 4.67. The summed E-state index contributed by atoms with van der Waals surface area (Å²) in [4.78, 5) is 0. The molecule has 106 valence electrons. The van der Waals surface area contributed by atoms with Crippen LogP contribution in [0.2, 0.25) is 0 Å². The second kappa shape index (κ2) is 7.25. The molecule has 0 saturated carbocycles. The van der Waals surface area contributed by atoms with Gasteiger partial charge in [0, 0.05) is 12.1 Å². The van der Waals surface area contributed by atoms with Gasteiger partial charge in [-0.25, -0.2) is 0 Å². The maximum Gasteiger partial charge on any atom is 0.0294 e. The summed E-state index contributed by atoms with van der Waals surface area (Å²) in [7, 11) is 0. The minimum atomic E-state index is 0.404. The molecule has 0 spiro atoms. The lowest BCUT2D eigenvalue weighted by atomic mass is 10.0. The van der Waals surface area contributed by atoms with Gasteiger partial charge < -0.3 is 5.32 Å². The normalized spacial score (nSPS) is 13.9. The van der Waals surface area contributed by atoms with Crippen LogP contribution in [0.5, 0.6) is 0 Å². The van der Waals surface area contributed by atoms with Gasteiger partial charge in [0.2, 0.25) is 0 Å². The monoisotopic (exact) mass is 267 g/mol. The third kappa shape index (κ3) is 4.50. The molecule has 1 N–H and O–H groups in total. The highest BCUT2D eigenvalue weighted by atomic mass is 14.9. The first-order valence-corrected chi connectivity index (χ1v) is 7.51. The van der Waals surface area contributed by atoms with E-state index in [1.54, 1.807) is 0 Å². The van der Waals surface area contributed by atoms with E-state index in [4.69, 9.17) is 0 Å². The Morgan fingerprint density at radius 3 is 2.20 bits per heavy atom. The third-order valence-electron chi connectivity index (χ3n) is 3.82. The fourth-order valence-electron chi connectivity index (χ4n) is 2.49. The molecule has 1 nitrogen and oxygen atoms in total. The van der Waals surface area contributed by atoms with Crippen molar-refractivity contribution in [3.8, 4) is 0 Å². The Morgan fingerprint density at radius 1 is 0.900 bits per heavy atom. The summed E-state index contributed by atoms with van der Waals surface area (Å²) in [6, 6.07) is 20.4. The van der Waals surface area contributed by atoms with Crippen LogP contribution in [0.1, 0.15) is 43.0 Å². The van der Waals surface area contributed by atoms with Crippen molar-refractivity contribution in [3.63, 3.8) is 0 Å². The van der Waals surface area contributed by atoms with Crippen LogP contribution in [0.4, 0.5) is 0 Å². The minimum Gasteiger partial charge on any atom is -0.308 e. The van der Waals surface area contributed by atoms with E-state index in [0.717, 1.165) is 6.42 Å². The summed E-state index contributed by atoms with van der Waals surface area (Å²) in [5, 5.41) is 3.69. The molecular weight excluding hydrogens is 242 g/mol. The Morgan fingerprint density at radius 2 is 1.55 bits per heavy atom. The quantitative estimate of drug-likeness (QED) is 0.802. The molecule has 0 fully saturated rings. The minimum absolute atomic E-state index is 0.404. The van der Waals surface area contributed by atoms with Crippen LogP contribution in [0.3, 0.4) is 0 Å². The maximum atomic E-state index is 3.69. The standard InChI is InChI=1S/C19H25N/c1-15-9-13-19(14-10-15)17(3)20-16(2)11-12-18-7-5-4-6-8-18/h4-10,13-14,16-17,20H,11-12H2,1-3H3/t16?,17-/m0/s1. The number of hydrogen-bond donors (Lipinski definition) is 1. The molecular formula is C19H25N. The van der Waals surface area contributed by atoms with Crippen LogP contribution in [-0.4, -0.2) is 6.04 Å². The maximum absolute atomic E-state index is 3.69. The van der Waals surface area contributed by atoms with Gasteiger partial charge in [-0.1, -0.05) is 60.2 Å². The molecule has 2 aromatic carbocycles. The summed E-state index contributed by atoms with van der Waals surface area (Å²) >= 11 is 0. The molecule has 0 saturated heterocycles. The largest absolute Gasteiger partial charge is 0.308 e. The molecule has 2 aromatic rings. The molecule has 0 bridgehead atoms. The molecule has 1 unspecified atom stereocenters. The molecule has 0 aliphatic heterocycles. The van der Waals surface area contributed by atoms with Crippen LogP contribution < -0.4 is 5.32 Å². The molecule has 0 aliphatic rings. The highest BCUT2D eigenvalue weighted by Crippen LogP contribution is 2.15. The van der Waals surface area contributed by atoms with Crippen molar-refractivity contribution in [2.24, 2.45) is 0 Å². The highest BCUT2D eigenvalue weighted by Gasteiger charge is 2.09. The molecule has 0 aliphatic carbocycles. The zero-order valence-corrected chi connectivity index (χ0v) is 12.8. The van der Waals surface area contributed by atoms with Gasteiger partial charge in [0.15, 0.2) is 0 Å². The summed E-state index contributed by atoms with van der Waals surface area (Å²) in [5.74, 6) is 0. The van der Waals surface area contributed by atoms with E-state index < -0.39 is 0 Å². The van der Waals surface area contributed by atoms with Crippen LogP contribution >= 0.6 is 0 Å². The Balaban J connectivity index is 1.82. The lowest BCUT2D eigenvalue weighted by Crippen LogP contribution is -2.29. The fourth-order valence-corrected chi connectivity index (χ4v) is 2.49.